The molecule has 0 bridgehead atoms. The normalized spacial score (nSPS) is 38.4. The first-order chi connectivity index (χ1) is 11.2. The van der Waals surface area contributed by atoms with E-state index in [-0.39, 0.29) is 30.3 Å². The summed E-state index contributed by atoms with van der Waals surface area (Å²) < 4.78 is 23.0. The molecule has 0 saturated carbocycles. The van der Waals surface area contributed by atoms with E-state index < -0.39 is 5.44 Å². The molecule has 0 aromatic heterocycles. The maximum Gasteiger partial charge on any atom is 0.220 e. The van der Waals surface area contributed by atoms with Gasteiger partial charge < -0.3 is 24.3 Å². The van der Waals surface area contributed by atoms with Crippen LogP contribution in [0.25, 0.3) is 0 Å². The third kappa shape index (κ3) is 5.19. The van der Waals surface area contributed by atoms with E-state index in [9.17, 15) is 4.79 Å². The summed E-state index contributed by atoms with van der Waals surface area (Å²) in [6, 6.07) is 0. The average molecular weight is 345 g/mol. The van der Waals surface area contributed by atoms with Gasteiger partial charge in [0, 0.05) is 33.8 Å². The molecule has 132 valence electrons. The van der Waals surface area contributed by atoms with Crippen molar-refractivity contribution in [3.8, 4) is 0 Å². The second-order valence-electron chi connectivity index (χ2n) is 5.76. The van der Waals surface area contributed by atoms with Crippen LogP contribution in [0.3, 0.4) is 0 Å². The largest absolute Gasteiger partial charge is 0.376 e. The fourth-order valence-corrected chi connectivity index (χ4v) is 3.40. The summed E-state index contributed by atoms with van der Waals surface area (Å²) in [6.07, 6.45) is 5.98. The molecule has 0 aromatic carbocycles. The summed E-state index contributed by atoms with van der Waals surface area (Å²) in [6.45, 7) is 0.983. The molecule has 2 aliphatic rings. The van der Waals surface area contributed by atoms with E-state index in [1.807, 2.05) is 6.08 Å². The Kier molecular flexibility index (Phi) is 7.85. The molecule has 0 aromatic rings. The Balaban J connectivity index is 2.11. The van der Waals surface area contributed by atoms with Gasteiger partial charge in [-0.05, 0) is 19.3 Å². The lowest BCUT2D eigenvalue weighted by Crippen LogP contribution is -2.60. The topological polar surface area (TPSA) is 66.0 Å². The molecule has 0 aliphatic carbocycles. The number of carbonyl (C=O) groups excluding carboxylic acids is 1. The number of thiol groups is 1. The van der Waals surface area contributed by atoms with Crippen molar-refractivity contribution < 1.29 is 23.7 Å². The van der Waals surface area contributed by atoms with Crippen LogP contribution in [0.15, 0.2) is 12.2 Å². The van der Waals surface area contributed by atoms with E-state index in [1.165, 1.54) is 0 Å². The number of rotatable bonds is 2. The lowest BCUT2D eigenvalue weighted by molar-refractivity contribution is -0.225. The molecule has 1 fully saturated rings. The van der Waals surface area contributed by atoms with Crippen LogP contribution in [0.2, 0.25) is 0 Å². The lowest BCUT2D eigenvalue weighted by Gasteiger charge is -2.44. The maximum absolute atomic E-state index is 11.9. The van der Waals surface area contributed by atoms with Crippen molar-refractivity contribution in [1.82, 2.24) is 5.32 Å². The summed E-state index contributed by atoms with van der Waals surface area (Å²) in [5.74, 6) is 0.00907. The Morgan fingerprint density at radius 2 is 1.96 bits per heavy atom. The molecule has 7 heteroatoms. The molecule has 1 N–H and O–H groups in total. The van der Waals surface area contributed by atoms with Crippen LogP contribution in [-0.2, 0) is 23.7 Å². The predicted molar refractivity (Wildman–Crippen MR) is 89.6 cm³/mol. The van der Waals surface area contributed by atoms with Gasteiger partial charge in [0.15, 0.2) is 0 Å². The molecular formula is C16H27NO5S. The van der Waals surface area contributed by atoms with Gasteiger partial charge in [0.25, 0.3) is 0 Å². The average Bonchev–Trinajstić information content (AvgIpc) is 2.56. The van der Waals surface area contributed by atoms with E-state index in [0.717, 1.165) is 19.3 Å². The number of methoxy groups -OCH3 is 2. The molecule has 0 unspecified atom stereocenters. The zero-order valence-electron chi connectivity index (χ0n) is 13.8. The van der Waals surface area contributed by atoms with Gasteiger partial charge in [-0.1, -0.05) is 12.2 Å². The van der Waals surface area contributed by atoms with Gasteiger partial charge in [-0.2, -0.15) is 0 Å². The molecule has 0 radical (unpaired) electrons. The van der Waals surface area contributed by atoms with Gasteiger partial charge in [0.05, 0.1) is 0 Å². The Bertz CT molecular complexity index is 406. The van der Waals surface area contributed by atoms with Crippen LogP contribution in [-0.4, -0.2) is 63.1 Å². The third-order valence-corrected chi connectivity index (χ3v) is 4.60. The molecule has 6 nitrogen and oxygen atoms in total. The monoisotopic (exact) mass is 345 g/mol. The van der Waals surface area contributed by atoms with Crippen LogP contribution >= 0.6 is 12.6 Å². The van der Waals surface area contributed by atoms with Gasteiger partial charge in [-0.15, -0.1) is 12.6 Å². The zero-order chi connectivity index (χ0) is 16.7. The van der Waals surface area contributed by atoms with Gasteiger partial charge >= 0.3 is 0 Å². The van der Waals surface area contributed by atoms with Crippen LogP contribution in [0.1, 0.15) is 25.7 Å². The molecule has 2 rings (SSSR count). The molecule has 2 aliphatic heterocycles. The van der Waals surface area contributed by atoms with Gasteiger partial charge in [-0.25, -0.2) is 0 Å². The predicted octanol–water partition coefficient (Wildman–Crippen LogP) is 1.30. The molecule has 1 amide bonds. The van der Waals surface area contributed by atoms with Crippen molar-refractivity contribution in [1.29, 1.82) is 0 Å². The van der Waals surface area contributed by atoms with Crippen LogP contribution in [0, 0.1) is 0 Å². The van der Waals surface area contributed by atoms with E-state index in [2.05, 4.69) is 24.0 Å². The summed E-state index contributed by atoms with van der Waals surface area (Å²) in [4.78, 5) is 11.9. The number of fused-ring (bicyclic) bond motifs is 1. The first-order valence-electron chi connectivity index (χ1n) is 8.09. The van der Waals surface area contributed by atoms with Crippen molar-refractivity contribution in [3.63, 3.8) is 0 Å². The maximum atomic E-state index is 11.9. The molecule has 5 atom stereocenters. The Morgan fingerprint density at radius 1 is 1.22 bits per heavy atom. The highest BCUT2D eigenvalue weighted by atomic mass is 32.1. The van der Waals surface area contributed by atoms with Crippen molar-refractivity contribution >= 4 is 18.5 Å². The quantitative estimate of drug-likeness (QED) is 0.583. The summed E-state index contributed by atoms with van der Waals surface area (Å²) >= 11 is 4.45. The Hall–Kier alpha value is -0.600. The second kappa shape index (κ2) is 9.64. The number of carbonyl (C=O) groups is 1. The first-order valence-corrected chi connectivity index (χ1v) is 8.61. The standard InChI is InChI=1S/C16H27NO5S/c1-19-14-13-11(22-16(23)15(14)20-2)10-17-12(18)8-6-4-3-5-7-9-21-13/h3-4,11,13-16,23H,5-10H2,1-2H3,(H,17,18)/b4-3+/t11-,13-,14+,15-,16+/m1/s1. The summed E-state index contributed by atoms with van der Waals surface area (Å²) in [5.41, 5.74) is -0.427. The summed E-state index contributed by atoms with van der Waals surface area (Å²) in [5, 5.41) is 2.91. The number of amides is 1. The van der Waals surface area contributed by atoms with Gasteiger partial charge in [-0.3, -0.25) is 4.79 Å². The number of nitrogens with one attached hydrogen (secondary N) is 1. The molecule has 0 spiro atoms. The minimum Gasteiger partial charge on any atom is -0.376 e. The number of allylic oxidation sites excluding steroid dienone is 2. The number of ether oxygens (including phenoxy) is 4. The van der Waals surface area contributed by atoms with E-state index in [0.29, 0.717) is 19.6 Å². The fourth-order valence-electron chi connectivity index (χ4n) is 2.95. The highest BCUT2D eigenvalue weighted by molar-refractivity contribution is 7.80. The van der Waals surface area contributed by atoms with Crippen molar-refractivity contribution in [2.45, 2.75) is 55.5 Å². The lowest BCUT2D eigenvalue weighted by atomic mass is 9.98. The minimum absolute atomic E-state index is 0.00907. The Morgan fingerprint density at radius 3 is 2.70 bits per heavy atom. The van der Waals surface area contributed by atoms with Gasteiger partial charge in [0.1, 0.15) is 29.9 Å². The highest BCUT2D eigenvalue weighted by Gasteiger charge is 2.46. The SMILES string of the molecule is CO[C@@H]1[C@@H](OC)[C@H](S)O[C@@H]2CNC(=O)CC/C=C/CCCO[C@@H]12. The van der Waals surface area contributed by atoms with Gasteiger partial charge in [0.2, 0.25) is 5.91 Å². The number of hydrogen-bond acceptors (Lipinski definition) is 6. The van der Waals surface area contributed by atoms with Crippen molar-refractivity contribution in [2.24, 2.45) is 0 Å². The van der Waals surface area contributed by atoms with Crippen LogP contribution in [0.5, 0.6) is 0 Å². The van der Waals surface area contributed by atoms with Crippen molar-refractivity contribution in [3.05, 3.63) is 12.2 Å². The fraction of sp³-hybridized carbons (Fsp3) is 0.812. The summed E-state index contributed by atoms with van der Waals surface area (Å²) in [7, 11) is 3.24. The van der Waals surface area contributed by atoms with E-state index in [4.69, 9.17) is 18.9 Å². The van der Waals surface area contributed by atoms with Crippen molar-refractivity contribution in [2.75, 3.05) is 27.4 Å². The second-order valence-corrected chi connectivity index (χ2v) is 6.27. The molecule has 1 saturated heterocycles. The Labute approximate surface area is 143 Å². The third-order valence-electron chi connectivity index (χ3n) is 4.18. The molecular weight excluding hydrogens is 318 g/mol. The van der Waals surface area contributed by atoms with Crippen LogP contribution < -0.4 is 5.32 Å². The smallest absolute Gasteiger partial charge is 0.220 e. The molecule has 2 heterocycles. The highest BCUT2D eigenvalue weighted by Crippen LogP contribution is 2.29. The van der Waals surface area contributed by atoms with Crippen LogP contribution in [0.4, 0.5) is 0 Å². The first kappa shape index (κ1) is 18.7. The minimum atomic E-state index is -0.427. The van der Waals surface area contributed by atoms with E-state index in [1.54, 1.807) is 14.2 Å². The van der Waals surface area contributed by atoms with E-state index >= 15 is 0 Å². The molecule has 23 heavy (non-hydrogen) atoms. The number of hydrogen-bond donors (Lipinski definition) is 2. The zero-order valence-corrected chi connectivity index (χ0v) is 14.7.